The Kier molecular flexibility index (Phi) is 4.84. The number of carbonyl (C=O) groups is 1. The first kappa shape index (κ1) is 18.4. The van der Waals surface area contributed by atoms with Crippen LogP contribution >= 0.6 is 0 Å². The number of hydrogen-bond donors (Lipinski definition) is 1. The summed E-state index contributed by atoms with van der Waals surface area (Å²) in [6.07, 6.45) is 5.28. The summed E-state index contributed by atoms with van der Waals surface area (Å²) < 4.78 is 2.11. The third kappa shape index (κ3) is 3.55. The van der Waals surface area contributed by atoms with Gasteiger partial charge >= 0.3 is 0 Å². The van der Waals surface area contributed by atoms with Crippen LogP contribution in [0.25, 0.3) is 16.7 Å². The molecule has 1 saturated carbocycles. The van der Waals surface area contributed by atoms with E-state index in [1.807, 2.05) is 49.4 Å². The molecule has 1 aliphatic heterocycles. The minimum Gasteiger partial charge on any atom is -0.352 e. The Morgan fingerprint density at radius 1 is 1.14 bits per heavy atom. The van der Waals surface area contributed by atoms with Crippen molar-refractivity contribution in [1.29, 1.82) is 0 Å². The number of likely N-dealkylation sites (tertiary alicyclic amines) is 1. The van der Waals surface area contributed by atoms with Crippen molar-refractivity contribution in [3.63, 3.8) is 0 Å². The molecular weight excluding hydrogens is 360 g/mol. The van der Waals surface area contributed by atoms with E-state index in [1.165, 1.54) is 32.2 Å². The lowest BCUT2D eigenvalue weighted by molar-refractivity contribution is 0.0945. The van der Waals surface area contributed by atoms with Crippen molar-refractivity contribution >= 4 is 16.9 Å². The minimum atomic E-state index is 0.0102. The number of carbonyl (C=O) groups excluding carboxylic acids is 1. The van der Waals surface area contributed by atoms with Crippen LogP contribution in [0.3, 0.4) is 0 Å². The van der Waals surface area contributed by atoms with Crippen molar-refractivity contribution in [3.8, 4) is 5.69 Å². The number of amides is 1. The van der Waals surface area contributed by atoms with E-state index in [4.69, 9.17) is 0 Å². The van der Waals surface area contributed by atoms with Crippen LogP contribution in [0.4, 0.5) is 0 Å². The Balaban J connectivity index is 1.28. The van der Waals surface area contributed by atoms with E-state index in [2.05, 4.69) is 25.8 Å². The van der Waals surface area contributed by atoms with Crippen LogP contribution in [0.15, 0.2) is 48.5 Å². The Morgan fingerprint density at radius 3 is 2.83 bits per heavy atom. The number of aromatic nitrogens is 2. The standard InChI is InChI=1S/C24H28N4O/c1-17-26-22-10-2-3-11-23(22)28(17)21-9-4-6-19(14-21)24(29)25-15-18-12-13-27(16-18)20-7-5-8-20/h2-4,6,9-11,14,18,20H,5,7-8,12-13,15-16H2,1H3,(H,25,29). The van der Waals surface area contributed by atoms with Gasteiger partial charge in [0.05, 0.1) is 11.0 Å². The highest BCUT2D eigenvalue weighted by atomic mass is 16.1. The predicted molar refractivity (Wildman–Crippen MR) is 115 cm³/mol. The van der Waals surface area contributed by atoms with Gasteiger partial charge in [-0.2, -0.15) is 0 Å². The number of aryl methyl sites for hydroxylation is 1. The Labute approximate surface area is 171 Å². The highest BCUT2D eigenvalue weighted by Gasteiger charge is 2.31. The van der Waals surface area contributed by atoms with E-state index in [1.54, 1.807) is 0 Å². The zero-order valence-electron chi connectivity index (χ0n) is 17.0. The molecule has 29 heavy (non-hydrogen) atoms. The molecule has 1 unspecified atom stereocenters. The molecule has 1 aliphatic carbocycles. The van der Waals surface area contributed by atoms with E-state index < -0.39 is 0 Å². The molecule has 1 aromatic heterocycles. The number of para-hydroxylation sites is 2. The van der Waals surface area contributed by atoms with Gasteiger partial charge < -0.3 is 10.2 Å². The molecule has 5 rings (SSSR count). The first-order valence-electron chi connectivity index (χ1n) is 10.8. The van der Waals surface area contributed by atoms with Crippen LogP contribution in [0, 0.1) is 12.8 Å². The molecule has 2 aromatic carbocycles. The summed E-state index contributed by atoms with van der Waals surface area (Å²) in [5.74, 6) is 1.50. The Hall–Kier alpha value is -2.66. The predicted octanol–water partition coefficient (Wildman–Crippen LogP) is 3.94. The van der Waals surface area contributed by atoms with Gasteiger partial charge in [-0.3, -0.25) is 9.36 Å². The fourth-order valence-electron chi connectivity index (χ4n) is 4.71. The molecule has 2 heterocycles. The van der Waals surface area contributed by atoms with Crippen molar-refractivity contribution < 1.29 is 4.79 Å². The molecule has 2 aliphatic rings. The largest absolute Gasteiger partial charge is 0.352 e. The SMILES string of the molecule is Cc1nc2ccccc2n1-c1cccc(C(=O)NCC2CCN(C3CCC3)C2)c1. The van der Waals surface area contributed by atoms with Crippen LogP contribution < -0.4 is 5.32 Å². The van der Waals surface area contributed by atoms with Crippen molar-refractivity contribution in [2.45, 2.75) is 38.6 Å². The van der Waals surface area contributed by atoms with E-state index in [0.29, 0.717) is 11.5 Å². The second-order valence-corrected chi connectivity index (χ2v) is 8.48. The smallest absolute Gasteiger partial charge is 0.251 e. The summed E-state index contributed by atoms with van der Waals surface area (Å²) in [5, 5.41) is 3.17. The van der Waals surface area contributed by atoms with Crippen LogP contribution in [0.2, 0.25) is 0 Å². The quantitative estimate of drug-likeness (QED) is 0.720. The van der Waals surface area contributed by atoms with Gasteiger partial charge in [0.15, 0.2) is 0 Å². The summed E-state index contributed by atoms with van der Waals surface area (Å²) in [7, 11) is 0. The molecule has 150 valence electrons. The van der Waals surface area contributed by atoms with Gasteiger partial charge in [0, 0.05) is 30.4 Å². The number of nitrogens with one attached hydrogen (secondary N) is 1. The normalized spacial score (nSPS) is 20.1. The highest BCUT2D eigenvalue weighted by Crippen LogP contribution is 2.29. The molecule has 0 spiro atoms. The number of imidazole rings is 1. The zero-order chi connectivity index (χ0) is 19.8. The number of hydrogen-bond acceptors (Lipinski definition) is 3. The van der Waals surface area contributed by atoms with E-state index in [0.717, 1.165) is 41.7 Å². The van der Waals surface area contributed by atoms with Crippen LogP contribution in [0.1, 0.15) is 41.9 Å². The van der Waals surface area contributed by atoms with Gasteiger partial charge in [-0.15, -0.1) is 0 Å². The van der Waals surface area contributed by atoms with Gasteiger partial charge in [-0.25, -0.2) is 4.98 Å². The van der Waals surface area contributed by atoms with Gasteiger partial charge in [-0.1, -0.05) is 24.6 Å². The molecule has 1 saturated heterocycles. The molecule has 1 atom stereocenters. The monoisotopic (exact) mass is 388 g/mol. The zero-order valence-corrected chi connectivity index (χ0v) is 17.0. The van der Waals surface area contributed by atoms with E-state index in [-0.39, 0.29) is 5.91 Å². The van der Waals surface area contributed by atoms with Gasteiger partial charge in [0.2, 0.25) is 0 Å². The fourth-order valence-corrected chi connectivity index (χ4v) is 4.71. The van der Waals surface area contributed by atoms with Crippen molar-refractivity contribution in [2.24, 2.45) is 5.92 Å². The molecule has 1 amide bonds. The topological polar surface area (TPSA) is 50.2 Å². The van der Waals surface area contributed by atoms with Gasteiger partial charge in [0.1, 0.15) is 5.82 Å². The average molecular weight is 389 g/mol. The second kappa shape index (κ2) is 7.64. The minimum absolute atomic E-state index is 0.0102. The summed E-state index contributed by atoms with van der Waals surface area (Å²) in [6, 6.07) is 16.7. The molecule has 5 nitrogen and oxygen atoms in total. The average Bonchev–Trinajstić information content (AvgIpc) is 3.28. The number of fused-ring (bicyclic) bond motifs is 1. The molecule has 0 radical (unpaired) electrons. The molecule has 1 N–H and O–H groups in total. The Morgan fingerprint density at radius 2 is 2.00 bits per heavy atom. The van der Waals surface area contributed by atoms with Crippen LogP contribution in [-0.2, 0) is 0 Å². The first-order chi connectivity index (χ1) is 14.2. The lowest BCUT2D eigenvalue weighted by Crippen LogP contribution is -2.39. The van der Waals surface area contributed by atoms with Crippen molar-refractivity contribution in [3.05, 3.63) is 59.9 Å². The molecular formula is C24H28N4O. The summed E-state index contributed by atoms with van der Waals surface area (Å²) >= 11 is 0. The van der Waals surface area contributed by atoms with Gasteiger partial charge in [-0.05, 0) is 69.0 Å². The number of benzene rings is 2. The Bertz CT molecular complexity index is 1040. The van der Waals surface area contributed by atoms with Crippen molar-refractivity contribution in [2.75, 3.05) is 19.6 Å². The van der Waals surface area contributed by atoms with E-state index >= 15 is 0 Å². The third-order valence-corrected chi connectivity index (χ3v) is 6.55. The van der Waals surface area contributed by atoms with Crippen molar-refractivity contribution in [1.82, 2.24) is 19.8 Å². The van der Waals surface area contributed by atoms with Crippen LogP contribution in [0.5, 0.6) is 0 Å². The summed E-state index contributed by atoms with van der Waals surface area (Å²) in [5.41, 5.74) is 3.70. The van der Waals surface area contributed by atoms with Crippen LogP contribution in [-0.4, -0.2) is 46.0 Å². The lowest BCUT2D eigenvalue weighted by Gasteiger charge is -2.34. The number of nitrogens with zero attached hydrogens (tertiary/aromatic N) is 3. The maximum atomic E-state index is 12.8. The highest BCUT2D eigenvalue weighted by molar-refractivity contribution is 5.95. The summed E-state index contributed by atoms with van der Waals surface area (Å²) in [6.45, 7) is 5.08. The van der Waals surface area contributed by atoms with Gasteiger partial charge in [0.25, 0.3) is 5.91 Å². The fraction of sp³-hybridized carbons (Fsp3) is 0.417. The summed E-state index contributed by atoms with van der Waals surface area (Å²) in [4.78, 5) is 20.1. The molecule has 3 aromatic rings. The lowest BCUT2D eigenvalue weighted by atomic mass is 9.92. The third-order valence-electron chi connectivity index (χ3n) is 6.55. The molecule has 2 fully saturated rings. The second-order valence-electron chi connectivity index (χ2n) is 8.48. The number of rotatable bonds is 5. The molecule has 5 heteroatoms. The molecule has 0 bridgehead atoms. The van der Waals surface area contributed by atoms with E-state index in [9.17, 15) is 4.79 Å². The maximum absolute atomic E-state index is 12.8. The maximum Gasteiger partial charge on any atom is 0.251 e. The first-order valence-corrected chi connectivity index (χ1v) is 10.8.